The third kappa shape index (κ3) is 5.09. The maximum atomic E-state index is 13.1. The van der Waals surface area contributed by atoms with E-state index >= 15 is 0 Å². The van der Waals surface area contributed by atoms with E-state index in [1.54, 1.807) is 35.2 Å². The molecule has 0 aliphatic carbocycles. The van der Waals surface area contributed by atoms with E-state index in [0.717, 1.165) is 11.3 Å². The van der Waals surface area contributed by atoms with Crippen molar-refractivity contribution in [2.24, 2.45) is 0 Å². The molecule has 1 aromatic heterocycles. The maximum absolute atomic E-state index is 13.1. The lowest BCUT2D eigenvalue weighted by Gasteiger charge is -2.34. The predicted octanol–water partition coefficient (Wildman–Crippen LogP) is 4.06. The van der Waals surface area contributed by atoms with Gasteiger partial charge in [-0.2, -0.15) is 0 Å². The Bertz CT molecular complexity index is 1280. The summed E-state index contributed by atoms with van der Waals surface area (Å²) in [6, 6.07) is 11.1. The highest BCUT2D eigenvalue weighted by Gasteiger charge is 2.27. The number of fused-ring (bicyclic) bond motifs is 1. The van der Waals surface area contributed by atoms with Gasteiger partial charge < -0.3 is 10.2 Å². The van der Waals surface area contributed by atoms with Crippen molar-refractivity contribution in [3.05, 3.63) is 68.0 Å². The quantitative estimate of drug-likeness (QED) is 0.310. The van der Waals surface area contributed by atoms with E-state index in [-0.39, 0.29) is 29.8 Å². The lowest BCUT2D eigenvalue weighted by Crippen LogP contribution is -2.50. The number of Topliss-reactive ketones (excluding diaryl/α,β-unsaturated/α-hetero) is 1. The number of thiophene rings is 1. The fraction of sp³-hybridized carbons (Fsp3) is 0.261. The first-order valence-corrected chi connectivity index (χ1v) is 11.7. The van der Waals surface area contributed by atoms with Crippen LogP contribution in [0.4, 0.5) is 11.4 Å². The van der Waals surface area contributed by atoms with E-state index in [4.69, 9.17) is 11.6 Å². The van der Waals surface area contributed by atoms with Crippen molar-refractivity contribution in [2.45, 2.75) is 6.92 Å². The number of nitro groups is 1. The zero-order chi connectivity index (χ0) is 24.4. The predicted molar refractivity (Wildman–Crippen MR) is 131 cm³/mol. The molecule has 1 saturated heterocycles. The molecule has 2 heterocycles. The number of carbonyl (C=O) groups excluding carboxylic acids is 3. The molecule has 1 N–H and O–H groups in total. The Morgan fingerprint density at radius 1 is 1.09 bits per heavy atom. The van der Waals surface area contributed by atoms with E-state index < -0.39 is 4.92 Å². The maximum Gasteiger partial charge on any atom is 0.270 e. The van der Waals surface area contributed by atoms with Crippen LogP contribution in [0.15, 0.2) is 42.5 Å². The minimum absolute atomic E-state index is 0.0384. The second-order valence-electron chi connectivity index (χ2n) is 7.93. The van der Waals surface area contributed by atoms with Crippen molar-refractivity contribution < 1.29 is 19.3 Å². The van der Waals surface area contributed by atoms with E-state index in [9.17, 15) is 24.5 Å². The first kappa shape index (κ1) is 23.8. The van der Waals surface area contributed by atoms with Crippen LogP contribution in [0.3, 0.4) is 0 Å². The largest absolute Gasteiger partial charge is 0.335 e. The fourth-order valence-corrected chi connectivity index (χ4v) is 5.26. The average Bonchev–Trinajstić information content (AvgIpc) is 3.15. The van der Waals surface area contributed by atoms with Crippen LogP contribution in [-0.4, -0.2) is 65.0 Å². The first-order chi connectivity index (χ1) is 16.2. The lowest BCUT2D eigenvalue weighted by atomic mass is 10.1. The molecule has 3 aromatic rings. The molecule has 1 aliphatic heterocycles. The molecule has 2 aromatic carbocycles. The standard InChI is InChI=1S/C23H21ClN4O5S/c1-14(29)15-2-4-16(5-3-15)25-20(30)13-26-8-10-27(11-9-26)23(31)22-21(24)18-7-6-17(28(32)33)12-19(18)34-22/h2-7,12H,8-11,13H2,1H3,(H,25,30). The highest BCUT2D eigenvalue weighted by Crippen LogP contribution is 2.38. The smallest absolute Gasteiger partial charge is 0.270 e. The van der Waals surface area contributed by atoms with Crippen LogP contribution in [0.2, 0.25) is 5.02 Å². The summed E-state index contributed by atoms with van der Waals surface area (Å²) in [6.07, 6.45) is 0. The Morgan fingerprint density at radius 2 is 1.76 bits per heavy atom. The molecular weight excluding hydrogens is 480 g/mol. The number of nitro benzene ring substituents is 1. The fourth-order valence-electron chi connectivity index (χ4n) is 3.75. The second kappa shape index (κ2) is 9.88. The molecule has 11 heteroatoms. The highest BCUT2D eigenvalue weighted by atomic mass is 35.5. The van der Waals surface area contributed by atoms with Gasteiger partial charge in [0.05, 0.1) is 16.5 Å². The summed E-state index contributed by atoms with van der Waals surface area (Å²) < 4.78 is 0.592. The average molecular weight is 501 g/mol. The number of amides is 2. The van der Waals surface area contributed by atoms with Crippen molar-refractivity contribution in [1.82, 2.24) is 9.80 Å². The Labute approximate surface area is 204 Å². The number of hydrogen-bond acceptors (Lipinski definition) is 7. The van der Waals surface area contributed by atoms with Crippen LogP contribution in [0, 0.1) is 10.1 Å². The number of ketones is 1. The van der Waals surface area contributed by atoms with Gasteiger partial charge in [-0.15, -0.1) is 11.3 Å². The molecule has 0 spiro atoms. The Balaban J connectivity index is 1.34. The minimum atomic E-state index is -0.481. The number of carbonyl (C=O) groups is 3. The van der Waals surface area contributed by atoms with E-state index in [1.807, 2.05) is 4.90 Å². The highest BCUT2D eigenvalue weighted by molar-refractivity contribution is 7.21. The topological polar surface area (TPSA) is 113 Å². The van der Waals surface area contributed by atoms with Crippen molar-refractivity contribution >= 4 is 62.0 Å². The van der Waals surface area contributed by atoms with E-state index in [1.165, 1.54) is 19.1 Å². The monoisotopic (exact) mass is 500 g/mol. The molecule has 34 heavy (non-hydrogen) atoms. The van der Waals surface area contributed by atoms with Crippen molar-refractivity contribution in [3.63, 3.8) is 0 Å². The first-order valence-electron chi connectivity index (χ1n) is 10.5. The zero-order valence-corrected chi connectivity index (χ0v) is 19.8. The molecule has 1 fully saturated rings. The normalized spacial score (nSPS) is 14.2. The molecule has 1 aliphatic rings. The summed E-state index contributed by atoms with van der Waals surface area (Å²) in [6.45, 7) is 3.59. The van der Waals surface area contributed by atoms with Gasteiger partial charge in [0.15, 0.2) is 5.78 Å². The Hall–Kier alpha value is -3.34. The van der Waals surface area contributed by atoms with Crippen LogP contribution >= 0.6 is 22.9 Å². The van der Waals surface area contributed by atoms with Crippen LogP contribution in [0.5, 0.6) is 0 Å². The van der Waals surface area contributed by atoms with Gasteiger partial charge in [0.1, 0.15) is 4.88 Å². The van der Waals surface area contributed by atoms with E-state index in [0.29, 0.717) is 57.4 Å². The molecule has 0 saturated carbocycles. The summed E-state index contributed by atoms with van der Waals surface area (Å²) in [5, 5.41) is 14.8. The van der Waals surface area contributed by atoms with Crippen LogP contribution in [-0.2, 0) is 4.79 Å². The van der Waals surface area contributed by atoms with Gasteiger partial charge in [-0.1, -0.05) is 11.6 Å². The number of halogens is 1. The summed E-state index contributed by atoms with van der Waals surface area (Å²) >= 11 is 7.56. The van der Waals surface area contributed by atoms with Crippen molar-refractivity contribution in [2.75, 3.05) is 38.0 Å². The van der Waals surface area contributed by atoms with Crippen LogP contribution < -0.4 is 5.32 Å². The third-order valence-electron chi connectivity index (χ3n) is 5.62. The number of nitrogens with one attached hydrogen (secondary N) is 1. The molecule has 0 radical (unpaired) electrons. The number of non-ortho nitro benzene ring substituents is 1. The molecule has 2 amide bonds. The summed E-state index contributed by atoms with van der Waals surface area (Å²) in [5.41, 5.74) is 1.14. The van der Waals surface area contributed by atoms with Crippen molar-refractivity contribution in [3.8, 4) is 0 Å². The molecule has 9 nitrogen and oxygen atoms in total. The van der Waals surface area contributed by atoms with E-state index in [2.05, 4.69) is 5.32 Å². The number of rotatable bonds is 6. The van der Waals surface area contributed by atoms with Crippen LogP contribution in [0.1, 0.15) is 27.0 Å². The van der Waals surface area contributed by atoms with Gasteiger partial charge in [0.25, 0.3) is 11.6 Å². The van der Waals surface area contributed by atoms with Gasteiger partial charge in [0.2, 0.25) is 5.91 Å². The second-order valence-corrected chi connectivity index (χ2v) is 9.36. The summed E-state index contributed by atoms with van der Waals surface area (Å²) in [4.78, 5) is 51.3. The van der Waals surface area contributed by atoms with Crippen LogP contribution in [0.25, 0.3) is 10.1 Å². The molecule has 0 bridgehead atoms. The van der Waals surface area contributed by atoms with Gasteiger partial charge in [0, 0.05) is 59.6 Å². The van der Waals surface area contributed by atoms with Crippen molar-refractivity contribution in [1.29, 1.82) is 0 Å². The molecule has 176 valence electrons. The lowest BCUT2D eigenvalue weighted by molar-refractivity contribution is -0.384. The SMILES string of the molecule is CC(=O)c1ccc(NC(=O)CN2CCN(C(=O)c3sc4cc([N+](=O)[O-])ccc4c3Cl)CC2)cc1. The number of anilines is 1. The number of hydrogen-bond donors (Lipinski definition) is 1. The molecular formula is C23H21ClN4O5S. The number of piperazine rings is 1. The molecule has 4 rings (SSSR count). The van der Waals surface area contributed by atoms with Gasteiger partial charge >= 0.3 is 0 Å². The minimum Gasteiger partial charge on any atom is -0.335 e. The summed E-state index contributed by atoms with van der Waals surface area (Å²) in [7, 11) is 0. The zero-order valence-electron chi connectivity index (χ0n) is 18.2. The summed E-state index contributed by atoms with van der Waals surface area (Å²) in [5.74, 6) is -0.434. The number of benzene rings is 2. The Morgan fingerprint density at radius 3 is 2.38 bits per heavy atom. The third-order valence-corrected chi connectivity index (χ3v) is 7.27. The van der Waals surface area contributed by atoms with Gasteiger partial charge in [-0.05, 0) is 37.3 Å². The van der Waals surface area contributed by atoms with Gasteiger partial charge in [-0.3, -0.25) is 29.4 Å². The molecule has 0 atom stereocenters. The number of nitrogens with zero attached hydrogens (tertiary/aromatic N) is 3. The molecule has 0 unspecified atom stereocenters. The van der Waals surface area contributed by atoms with Gasteiger partial charge in [-0.25, -0.2) is 0 Å². The Kier molecular flexibility index (Phi) is 6.92.